The van der Waals surface area contributed by atoms with Crippen molar-refractivity contribution < 1.29 is 4.79 Å². The SMILES string of the molecule is CCc1ccc(NCC(=O)N(CC)C2CCCCC2)cc1. The molecule has 1 aliphatic carbocycles. The molecule has 1 aliphatic rings. The van der Waals surface area contributed by atoms with E-state index in [1.54, 1.807) is 0 Å². The van der Waals surface area contributed by atoms with Crippen molar-refractivity contribution in [1.82, 2.24) is 4.90 Å². The minimum atomic E-state index is 0.226. The van der Waals surface area contributed by atoms with Crippen LogP contribution in [0, 0.1) is 0 Å². The summed E-state index contributed by atoms with van der Waals surface area (Å²) in [5, 5.41) is 3.26. The lowest BCUT2D eigenvalue weighted by Gasteiger charge is -2.33. The number of rotatable bonds is 6. The van der Waals surface area contributed by atoms with Gasteiger partial charge in [0.25, 0.3) is 0 Å². The number of carbonyl (C=O) groups is 1. The fourth-order valence-corrected chi connectivity index (χ4v) is 3.17. The molecule has 0 radical (unpaired) electrons. The van der Waals surface area contributed by atoms with Crippen LogP contribution in [0.4, 0.5) is 5.69 Å². The molecule has 1 fully saturated rings. The monoisotopic (exact) mass is 288 g/mol. The molecule has 0 aromatic heterocycles. The smallest absolute Gasteiger partial charge is 0.242 e. The van der Waals surface area contributed by atoms with E-state index in [-0.39, 0.29) is 5.91 Å². The van der Waals surface area contributed by atoms with Crippen molar-refractivity contribution >= 4 is 11.6 Å². The summed E-state index contributed by atoms with van der Waals surface area (Å²) < 4.78 is 0. The second-order valence-corrected chi connectivity index (χ2v) is 5.88. The van der Waals surface area contributed by atoms with Crippen molar-refractivity contribution in [3.63, 3.8) is 0 Å². The van der Waals surface area contributed by atoms with Crippen LogP contribution in [0.15, 0.2) is 24.3 Å². The van der Waals surface area contributed by atoms with E-state index in [0.29, 0.717) is 12.6 Å². The molecule has 1 aromatic rings. The standard InChI is InChI=1S/C18H28N2O/c1-3-15-10-12-16(13-11-15)19-14-18(21)20(4-2)17-8-6-5-7-9-17/h10-13,17,19H,3-9,14H2,1-2H3. The van der Waals surface area contributed by atoms with E-state index in [0.717, 1.165) is 18.7 Å². The maximum atomic E-state index is 12.4. The number of anilines is 1. The first-order chi connectivity index (χ1) is 10.2. The van der Waals surface area contributed by atoms with Crippen LogP contribution in [0.3, 0.4) is 0 Å². The Bertz CT molecular complexity index is 435. The molecule has 2 rings (SSSR count). The number of likely N-dealkylation sites (N-methyl/N-ethyl adjacent to an activating group) is 1. The van der Waals surface area contributed by atoms with Gasteiger partial charge in [-0.2, -0.15) is 0 Å². The number of nitrogens with one attached hydrogen (secondary N) is 1. The zero-order chi connectivity index (χ0) is 15.1. The Hall–Kier alpha value is -1.51. The molecule has 1 aromatic carbocycles. The second-order valence-electron chi connectivity index (χ2n) is 5.88. The third-order valence-electron chi connectivity index (χ3n) is 4.48. The quantitative estimate of drug-likeness (QED) is 0.862. The number of carbonyl (C=O) groups excluding carboxylic acids is 1. The van der Waals surface area contributed by atoms with Crippen LogP contribution in [0.1, 0.15) is 51.5 Å². The minimum Gasteiger partial charge on any atom is -0.376 e. The predicted octanol–water partition coefficient (Wildman–Crippen LogP) is 3.84. The first-order valence-electron chi connectivity index (χ1n) is 8.36. The molecule has 1 N–H and O–H groups in total. The lowest BCUT2D eigenvalue weighted by molar-refractivity contribution is -0.132. The number of hydrogen-bond acceptors (Lipinski definition) is 2. The van der Waals surface area contributed by atoms with Gasteiger partial charge in [0, 0.05) is 18.3 Å². The molecule has 0 aliphatic heterocycles. The molecular formula is C18H28N2O. The molecule has 116 valence electrons. The molecule has 1 saturated carbocycles. The number of aryl methyl sites for hydroxylation is 1. The number of benzene rings is 1. The van der Waals surface area contributed by atoms with Crippen molar-refractivity contribution in [2.45, 2.75) is 58.4 Å². The Balaban J connectivity index is 1.86. The molecule has 3 heteroatoms. The van der Waals surface area contributed by atoms with Gasteiger partial charge in [-0.05, 0) is 43.9 Å². The Morgan fingerprint density at radius 3 is 2.38 bits per heavy atom. The van der Waals surface area contributed by atoms with Crippen molar-refractivity contribution in [1.29, 1.82) is 0 Å². The highest BCUT2D eigenvalue weighted by Gasteiger charge is 2.23. The van der Waals surface area contributed by atoms with Gasteiger partial charge in [-0.15, -0.1) is 0 Å². The largest absolute Gasteiger partial charge is 0.376 e. The summed E-state index contributed by atoms with van der Waals surface area (Å²) in [6.07, 6.45) is 7.24. The van der Waals surface area contributed by atoms with Gasteiger partial charge in [0.2, 0.25) is 5.91 Å². The van der Waals surface area contributed by atoms with Crippen molar-refractivity contribution in [3.8, 4) is 0 Å². The average molecular weight is 288 g/mol. The van der Waals surface area contributed by atoms with Crippen molar-refractivity contribution in [3.05, 3.63) is 29.8 Å². The molecular weight excluding hydrogens is 260 g/mol. The number of nitrogens with zero attached hydrogens (tertiary/aromatic N) is 1. The van der Waals surface area contributed by atoms with Crippen LogP contribution in [0.5, 0.6) is 0 Å². The van der Waals surface area contributed by atoms with Gasteiger partial charge < -0.3 is 10.2 Å². The summed E-state index contributed by atoms with van der Waals surface area (Å²) >= 11 is 0. The highest BCUT2D eigenvalue weighted by atomic mass is 16.2. The molecule has 0 heterocycles. The van der Waals surface area contributed by atoms with E-state index in [1.165, 1.54) is 37.7 Å². The highest BCUT2D eigenvalue weighted by Crippen LogP contribution is 2.22. The number of hydrogen-bond donors (Lipinski definition) is 1. The van der Waals surface area contributed by atoms with Crippen LogP contribution in [-0.4, -0.2) is 29.9 Å². The molecule has 0 bridgehead atoms. The molecule has 0 unspecified atom stereocenters. The molecule has 1 amide bonds. The fourth-order valence-electron chi connectivity index (χ4n) is 3.17. The summed E-state index contributed by atoms with van der Waals surface area (Å²) in [4.78, 5) is 14.5. The topological polar surface area (TPSA) is 32.3 Å². The Morgan fingerprint density at radius 1 is 1.14 bits per heavy atom. The van der Waals surface area contributed by atoms with Gasteiger partial charge in [0.15, 0.2) is 0 Å². The average Bonchev–Trinajstić information content (AvgIpc) is 2.55. The maximum absolute atomic E-state index is 12.4. The zero-order valence-corrected chi connectivity index (χ0v) is 13.4. The Labute approximate surface area is 128 Å². The highest BCUT2D eigenvalue weighted by molar-refractivity contribution is 5.81. The van der Waals surface area contributed by atoms with Crippen LogP contribution in [0.25, 0.3) is 0 Å². The van der Waals surface area contributed by atoms with Gasteiger partial charge in [0.05, 0.1) is 6.54 Å². The summed E-state index contributed by atoms with van der Waals surface area (Å²) in [6, 6.07) is 8.81. The zero-order valence-electron chi connectivity index (χ0n) is 13.4. The van der Waals surface area contributed by atoms with E-state index in [2.05, 4.69) is 48.3 Å². The molecule has 0 saturated heterocycles. The van der Waals surface area contributed by atoms with Crippen molar-refractivity contribution in [2.24, 2.45) is 0 Å². The van der Waals surface area contributed by atoms with E-state index < -0.39 is 0 Å². The van der Waals surface area contributed by atoms with E-state index in [1.807, 2.05) is 0 Å². The van der Waals surface area contributed by atoms with Gasteiger partial charge in [-0.25, -0.2) is 0 Å². The normalized spacial score (nSPS) is 15.7. The molecule has 3 nitrogen and oxygen atoms in total. The van der Waals surface area contributed by atoms with Gasteiger partial charge in [-0.3, -0.25) is 4.79 Å². The predicted molar refractivity (Wildman–Crippen MR) is 88.6 cm³/mol. The van der Waals surface area contributed by atoms with Crippen LogP contribution in [-0.2, 0) is 11.2 Å². The Morgan fingerprint density at radius 2 is 1.81 bits per heavy atom. The first kappa shape index (κ1) is 15.9. The third kappa shape index (κ3) is 4.48. The third-order valence-corrected chi connectivity index (χ3v) is 4.48. The summed E-state index contributed by atoms with van der Waals surface area (Å²) in [5.41, 5.74) is 2.35. The lowest BCUT2D eigenvalue weighted by atomic mass is 9.94. The fraction of sp³-hybridized carbons (Fsp3) is 0.611. The van der Waals surface area contributed by atoms with Crippen LogP contribution >= 0.6 is 0 Å². The van der Waals surface area contributed by atoms with Gasteiger partial charge in [-0.1, -0.05) is 38.3 Å². The van der Waals surface area contributed by atoms with Gasteiger partial charge in [0.1, 0.15) is 0 Å². The van der Waals surface area contributed by atoms with Crippen LogP contribution < -0.4 is 5.32 Å². The minimum absolute atomic E-state index is 0.226. The van der Waals surface area contributed by atoms with E-state index >= 15 is 0 Å². The van der Waals surface area contributed by atoms with Gasteiger partial charge >= 0.3 is 0 Å². The maximum Gasteiger partial charge on any atom is 0.242 e. The Kier molecular flexibility index (Phi) is 6.09. The van der Waals surface area contributed by atoms with E-state index in [9.17, 15) is 4.79 Å². The van der Waals surface area contributed by atoms with Crippen LogP contribution in [0.2, 0.25) is 0 Å². The van der Waals surface area contributed by atoms with E-state index in [4.69, 9.17) is 0 Å². The summed E-state index contributed by atoms with van der Waals surface area (Å²) in [6.45, 7) is 5.45. The van der Waals surface area contributed by atoms with Crippen molar-refractivity contribution in [2.75, 3.05) is 18.4 Å². The summed E-state index contributed by atoms with van der Waals surface area (Å²) in [5.74, 6) is 0.226. The summed E-state index contributed by atoms with van der Waals surface area (Å²) in [7, 11) is 0. The number of amides is 1. The second kappa shape index (κ2) is 8.06. The molecule has 21 heavy (non-hydrogen) atoms. The first-order valence-corrected chi connectivity index (χ1v) is 8.36. The molecule has 0 atom stereocenters. The lowest BCUT2D eigenvalue weighted by Crippen LogP contribution is -2.43. The molecule has 0 spiro atoms.